The topological polar surface area (TPSA) is 61.8 Å². The lowest BCUT2D eigenvalue weighted by Crippen LogP contribution is -2.38. The van der Waals surface area contributed by atoms with Crippen molar-refractivity contribution in [3.8, 4) is 0 Å². The number of carbonyl (C=O) groups is 1. The van der Waals surface area contributed by atoms with Crippen LogP contribution in [0.5, 0.6) is 0 Å². The first kappa shape index (κ1) is 14.8. The molecule has 0 aliphatic carbocycles. The van der Waals surface area contributed by atoms with E-state index in [0.717, 1.165) is 38.6 Å². The smallest absolute Gasteiger partial charge is 0.244 e. The van der Waals surface area contributed by atoms with E-state index in [-0.39, 0.29) is 10.7 Å². The van der Waals surface area contributed by atoms with Gasteiger partial charge in [-0.3, -0.25) is 14.9 Å². The van der Waals surface area contributed by atoms with Gasteiger partial charge >= 0.3 is 0 Å². The first-order valence-electron chi connectivity index (χ1n) is 5.90. The second kappa shape index (κ2) is 7.20. The van der Waals surface area contributed by atoms with Crippen LogP contribution in [-0.4, -0.2) is 59.4 Å². The van der Waals surface area contributed by atoms with Crippen molar-refractivity contribution in [2.75, 3.05) is 38.6 Å². The Kier molecular flexibility index (Phi) is 6.26. The largest absolute Gasteiger partial charge is 0.379 e. The zero-order valence-corrected chi connectivity index (χ0v) is 11.4. The molecule has 0 bridgehead atoms. The van der Waals surface area contributed by atoms with E-state index in [4.69, 9.17) is 9.94 Å². The van der Waals surface area contributed by atoms with Crippen LogP contribution in [0.15, 0.2) is 0 Å². The van der Waals surface area contributed by atoms with Gasteiger partial charge in [-0.15, -0.1) is 0 Å². The van der Waals surface area contributed by atoms with Crippen LogP contribution in [-0.2, 0) is 9.53 Å². The van der Waals surface area contributed by atoms with E-state index in [1.807, 2.05) is 13.8 Å². The number of nitrogens with one attached hydrogen (secondary N) is 1. The van der Waals surface area contributed by atoms with Crippen molar-refractivity contribution in [1.29, 1.82) is 0 Å². The van der Waals surface area contributed by atoms with E-state index in [1.54, 1.807) is 17.2 Å². The molecule has 2 N–H and O–H groups in total. The molecule has 0 atom stereocenters. The fraction of sp³-hybridized carbons (Fsp3) is 0.909. The summed E-state index contributed by atoms with van der Waals surface area (Å²) in [6.07, 6.45) is 0.331. The number of hydroxylamine groups is 1. The maximum absolute atomic E-state index is 11.1. The van der Waals surface area contributed by atoms with Crippen LogP contribution in [0.2, 0.25) is 0 Å². The Hall–Kier alpha value is -0.300. The third kappa shape index (κ3) is 6.26. The molecule has 1 saturated heterocycles. The second-order valence-corrected chi connectivity index (χ2v) is 6.58. The highest BCUT2D eigenvalue weighted by molar-refractivity contribution is 8.00. The minimum Gasteiger partial charge on any atom is -0.379 e. The number of amides is 1. The van der Waals surface area contributed by atoms with Crippen molar-refractivity contribution in [2.45, 2.75) is 25.0 Å². The van der Waals surface area contributed by atoms with Crippen LogP contribution < -0.4 is 5.48 Å². The third-order valence-corrected chi connectivity index (χ3v) is 4.03. The molecular formula is C11H22N2O3S. The van der Waals surface area contributed by atoms with Crippen LogP contribution in [0.1, 0.15) is 20.3 Å². The Morgan fingerprint density at radius 1 is 1.47 bits per heavy atom. The van der Waals surface area contributed by atoms with Gasteiger partial charge in [0.05, 0.1) is 13.2 Å². The van der Waals surface area contributed by atoms with Gasteiger partial charge < -0.3 is 4.74 Å². The summed E-state index contributed by atoms with van der Waals surface area (Å²) in [5.74, 6) is 0.667. The zero-order chi connectivity index (χ0) is 12.7. The summed E-state index contributed by atoms with van der Waals surface area (Å²) in [5, 5.41) is 8.50. The Labute approximate surface area is 107 Å². The molecule has 0 saturated carbocycles. The van der Waals surface area contributed by atoms with Crippen molar-refractivity contribution in [3.05, 3.63) is 0 Å². The van der Waals surface area contributed by atoms with Gasteiger partial charge in [0.1, 0.15) is 0 Å². The van der Waals surface area contributed by atoms with Crippen molar-refractivity contribution in [1.82, 2.24) is 10.4 Å². The van der Waals surface area contributed by atoms with Crippen LogP contribution in [0.25, 0.3) is 0 Å². The summed E-state index contributed by atoms with van der Waals surface area (Å²) in [4.78, 5) is 13.5. The number of carbonyl (C=O) groups excluding carboxylic acids is 1. The molecule has 100 valence electrons. The molecule has 1 rings (SSSR count). The molecule has 0 aromatic carbocycles. The minimum absolute atomic E-state index is 0.140. The van der Waals surface area contributed by atoms with E-state index >= 15 is 0 Å². The molecule has 1 amide bonds. The molecule has 0 aromatic rings. The van der Waals surface area contributed by atoms with E-state index in [1.165, 1.54) is 0 Å². The Morgan fingerprint density at radius 3 is 2.71 bits per heavy atom. The average molecular weight is 262 g/mol. The summed E-state index contributed by atoms with van der Waals surface area (Å²) in [6, 6.07) is 0. The first-order valence-corrected chi connectivity index (χ1v) is 6.89. The van der Waals surface area contributed by atoms with Gasteiger partial charge in [-0.25, -0.2) is 5.48 Å². The predicted octanol–water partition coefficient (Wildman–Crippen LogP) is 0.726. The van der Waals surface area contributed by atoms with Crippen molar-refractivity contribution in [2.24, 2.45) is 0 Å². The summed E-state index contributed by atoms with van der Waals surface area (Å²) < 4.78 is 5.15. The average Bonchev–Trinajstić information content (AvgIpc) is 2.29. The van der Waals surface area contributed by atoms with Gasteiger partial charge in [0.15, 0.2) is 0 Å². The molecular weight excluding hydrogens is 240 g/mol. The van der Waals surface area contributed by atoms with Crippen LogP contribution >= 0.6 is 11.8 Å². The van der Waals surface area contributed by atoms with Crippen LogP contribution in [0.3, 0.4) is 0 Å². The summed E-state index contributed by atoms with van der Waals surface area (Å²) in [5.41, 5.74) is 1.68. The Balaban J connectivity index is 2.17. The maximum atomic E-state index is 11.1. The molecule has 0 spiro atoms. The Bertz CT molecular complexity index is 243. The quantitative estimate of drug-likeness (QED) is 0.546. The molecule has 0 radical (unpaired) electrons. The zero-order valence-electron chi connectivity index (χ0n) is 10.6. The number of rotatable bonds is 6. The standard InChI is InChI=1S/C11H22N2O3S/c1-11(2,9-10(14)12-15)17-8-5-13-3-6-16-7-4-13/h15H,3-9H2,1-2H3,(H,12,14). The molecule has 1 fully saturated rings. The highest BCUT2D eigenvalue weighted by atomic mass is 32.2. The normalized spacial score (nSPS) is 18.1. The molecule has 0 unspecified atom stereocenters. The second-order valence-electron chi connectivity index (χ2n) is 4.77. The highest BCUT2D eigenvalue weighted by Gasteiger charge is 2.22. The number of hydrogen-bond acceptors (Lipinski definition) is 5. The van der Waals surface area contributed by atoms with E-state index in [2.05, 4.69) is 4.90 Å². The van der Waals surface area contributed by atoms with Crippen molar-refractivity contribution < 1.29 is 14.7 Å². The van der Waals surface area contributed by atoms with Crippen LogP contribution in [0, 0.1) is 0 Å². The highest BCUT2D eigenvalue weighted by Crippen LogP contribution is 2.27. The van der Waals surface area contributed by atoms with Crippen molar-refractivity contribution >= 4 is 17.7 Å². The summed E-state index contributed by atoms with van der Waals surface area (Å²) in [7, 11) is 0. The van der Waals surface area contributed by atoms with E-state index in [0.29, 0.717) is 6.42 Å². The lowest BCUT2D eigenvalue weighted by atomic mass is 10.1. The van der Waals surface area contributed by atoms with Crippen molar-refractivity contribution in [3.63, 3.8) is 0 Å². The number of morpholine rings is 1. The van der Waals surface area contributed by atoms with Gasteiger partial charge in [0, 0.05) is 36.6 Å². The fourth-order valence-corrected chi connectivity index (χ4v) is 2.89. The van der Waals surface area contributed by atoms with E-state index in [9.17, 15) is 4.79 Å². The molecule has 5 nitrogen and oxygen atoms in total. The number of nitrogens with zero attached hydrogens (tertiary/aromatic N) is 1. The number of hydrogen-bond donors (Lipinski definition) is 2. The van der Waals surface area contributed by atoms with Gasteiger partial charge in [0.25, 0.3) is 0 Å². The lowest BCUT2D eigenvalue weighted by Gasteiger charge is -2.28. The third-order valence-electron chi connectivity index (χ3n) is 2.71. The van der Waals surface area contributed by atoms with Gasteiger partial charge in [0.2, 0.25) is 5.91 Å². The Morgan fingerprint density at radius 2 is 2.12 bits per heavy atom. The molecule has 6 heteroatoms. The molecule has 1 aliphatic rings. The minimum atomic E-state index is -0.325. The van der Waals surface area contributed by atoms with E-state index < -0.39 is 0 Å². The predicted molar refractivity (Wildman–Crippen MR) is 68.3 cm³/mol. The number of thioether (sulfide) groups is 1. The van der Waals surface area contributed by atoms with Crippen LogP contribution in [0.4, 0.5) is 0 Å². The van der Waals surface area contributed by atoms with Gasteiger partial charge in [-0.05, 0) is 0 Å². The molecule has 0 aromatic heterocycles. The fourth-order valence-electron chi connectivity index (χ4n) is 1.75. The maximum Gasteiger partial charge on any atom is 0.244 e. The summed E-state index contributed by atoms with van der Waals surface area (Å²) >= 11 is 1.76. The monoisotopic (exact) mass is 262 g/mol. The first-order chi connectivity index (χ1) is 8.03. The lowest BCUT2D eigenvalue weighted by molar-refractivity contribution is -0.129. The molecule has 1 heterocycles. The molecule has 17 heavy (non-hydrogen) atoms. The van der Waals surface area contributed by atoms with Gasteiger partial charge in [-0.1, -0.05) is 13.8 Å². The van der Waals surface area contributed by atoms with Gasteiger partial charge in [-0.2, -0.15) is 11.8 Å². The SMILES string of the molecule is CC(C)(CC(=O)NO)SCCN1CCOCC1. The molecule has 1 aliphatic heterocycles. The number of ether oxygens (including phenoxy) is 1. The summed E-state index contributed by atoms with van der Waals surface area (Å²) in [6.45, 7) is 8.70.